The van der Waals surface area contributed by atoms with E-state index in [1.54, 1.807) is 16.4 Å². The summed E-state index contributed by atoms with van der Waals surface area (Å²) in [5, 5.41) is 12.5. The number of rotatable bonds is 7. The van der Waals surface area contributed by atoms with Gasteiger partial charge in [-0.2, -0.15) is 4.68 Å². The van der Waals surface area contributed by atoms with Crippen molar-refractivity contribution in [2.24, 2.45) is 0 Å². The normalized spacial score (nSPS) is 10.4. The number of thioether (sulfide) groups is 1. The van der Waals surface area contributed by atoms with Crippen LogP contribution in [0.2, 0.25) is 0 Å². The fourth-order valence-corrected chi connectivity index (χ4v) is 2.53. The summed E-state index contributed by atoms with van der Waals surface area (Å²) in [6.45, 7) is 0. The summed E-state index contributed by atoms with van der Waals surface area (Å²) in [6.07, 6.45) is 2.19. The zero-order chi connectivity index (χ0) is 14.2. The van der Waals surface area contributed by atoms with Gasteiger partial charge in [0.25, 0.3) is 0 Å². The molecule has 0 spiro atoms. The number of nitrogens with zero attached hydrogens (tertiary/aromatic N) is 4. The van der Waals surface area contributed by atoms with Crippen molar-refractivity contribution in [3.05, 3.63) is 30.3 Å². The van der Waals surface area contributed by atoms with Crippen molar-refractivity contribution in [2.75, 3.05) is 12.9 Å². The van der Waals surface area contributed by atoms with Gasteiger partial charge in [-0.1, -0.05) is 30.0 Å². The van der Waals surface area contributed by atoms with Gasteiger partial charge in [0.15, 0.2) is 0 Å². The average molecular weight is 292 g/mol. The van der Waals surface area contributed by atoms with Crippen LogP contribution in [-0.2, 0) is 9.53 Å². The predicted octanol–water partition coefficient (Wildman–Crippen LogP) is 2.10. The topological polar surface area (TPSA) is 69.9 Å². The maximum Gasteiger partial charge on any atom is 0.305 e. The zero-order valence-electron chi connectivity index (χ0n) is 11.2. The Kier molecular flexibility index (Phi) is 5.55. The van der Waals surface area contributed by atoms with Crippen LogP contribution in [0.25, 0.3) is 5.69 Å². The molecule has 106 valence electrons. The van der Waals surface area contributed by atoms with E-state index in [0.29, 0.717) is 6.42 Å². The Labute approximate surface area is 121 Å². The van der Waals surface area contributed by atoms with Crippen LogP contribution in [0.3, 0.4) is 0 Å². The lowest BCUT2D eigenvalue weighted by molar-refractivity contribution is -0.140. The third-order valence-electron chi connectivity index (χ3n) is 2.68. The van der Waals surface area contributed by atoms with Crippen molar-refractivity contribution in [1.29, 1.82) is 0 Å². The van der Waals surface area contributed by atoms with E-state index in [4.69, 9.17) is 0 Å². The van der Waals surface area contributed by atoms with Gasteiger partial charge in [0, 0.05) is 12.2 Å². The van der Waals surface area contributed by atoms with Gasteiger partial charge in [-0.15, -0.1) is 5.10 Å². The first-order valence-electron chi connectivity index (χ1n) is 6.34. The number of tetrazole rings is 1. The van der Waals surface area contributed by atoms with Crippen LogP contribution in [0, 0.1) is 0 Å². The van der Waals surface area contributed by atoms with E-state index in [1.165, 1.54) is 7.11 Å². The van der Waals surface area contributed by atoms with E-state index in [9.17, 15) is 4.79 Å². The van der Waals surface area contributed by atoms with Crippen LogP contribution in [-0.4, -0.2) is 39.0 Å². The average Bonchev–Trinajstić information content (AvgIpc) is 2.96. The number of benzene rings is 1. The molecule has 1 aromatic carbocycles. The lowest BCUT2D eigenvalue weighted by atomic mass is 10.2. The van der Waals surface area contributed by atoms with Crippen molar-refractivity contribution in [3.63, 3.8) is 0 Å². The second-order valence-electron chi connectivity index (χ2n) is 4.09. The number of unbranched alkanes of at least 4 members (excludes halogenated alkanes) is 1. The van der Waals surface area contributed by atoms with Gasteiger partial charge in [-0.3, -0.25) is 4.79 Å². The number of carbonyl (C=O) groups excluding carboxylic acids is 1. The molecule has 0 amide bonds. The Bertz CT molecular complexity index is 544. The first-order valence-corrected chi connectivity index (χ1v) is 7.33. The number of para-hydroxylation sites is 1. The summed E-state index contributed by atoms with van der Waals surface area (Å²) in [6, 6.07) is 9.76. The van der Waals surface area contributed by atoms with Crippen molar-refractivity contribution >= 4 is 17.7 Å². The molecule has 7 heteroatoms. The van der Waals surface area contributed by atoms with Crippen molar-refractivity contribution in [1.82, 2.24) is 20.2 Å². The molecule has 1 heterocycles. The Morgan fingerprint density at radius 1 is 1.30 bits per heavy atom. The lowest BCUT2D eigenvalue weighted by Gasteiger charge is -2.03. The van der Waals surface area contributed by atoms with Crippen molar-refractivity contribution < 1.29 is 9.53 Å². The number of aromatic nitrogens is 4. The summed E-state index contributed by atoms with van der Waals surface area (Å²) in [5.41, 5.74) is 0.939. The van der Waals surface area contributed by atoms with Crippen molar-refractivity contribution in [3.8, 4) is 5.69 Å². The number of hydrogen-bond donors (Lipinski definition) is 0. The molecule has 0 N–H and O–H groups in total. The Morgan fingerprint density at radius 2 is 2.10 bits per heavy atom. The number of esters is 1. The van der Waals surface area contributed by atoms with Crippen LogP contribution in [0.1, 0.15) is 19.3 Å². The van der Waals surface area contributed by atoms with Crippen molar-refractivity contribution in [2.45, 2.75) is 24.4 Å². The number of methoxy groups -OCH3 is 1. The van der Waals surface area contributed by atoms with Gasteiger partial charge in [-0.25, -0.2) is 0 Å². The molecule has 0 aliphatic rings. The summed E-state index contributed by atoms with van der Waals surface area (Å²) in [5.74, 6) is 0.702. The quantitative estimate of drug-likeness (QED) is 0.442. The van der Waals surface area contributed by atoms with E-state index in [1.807, 2.05) is 30.3 Å². The monoisotopic (exact) mass is 292 g/mol. The van der Waals surface area contributed by atoms with Gasteiger partial charge in [0.05, 0.1) is 12.8 Å². The molecule has 0 fully saturated rings. The Morgan fingerprint density at radius 3 is 2.85 bits per heavy atom. The summed E-state index contributed by atoms with van der Waals surface area (Å²) >= 11 is 1.58. The second kappa shape index (κ2) is 7.64. The molecule has 0 bridgehead atoms. The van der Waals surface area contributed by atoms with Gasteiger partial charge in [-0.05, 0) is 35.4 Å². The minimum Gasteiger partial charge on any atom is -0.469 e. The van der Waals surface area contributed by atoms with E-state index < -0.39 is 0 Å². The standard InChI is InChI=1S/C13H16N4O2S/c1-19-12(18)9-5-6-10-20-13-14-15-16-17(13)11-7-3-2-4-8-11/h2-4,7-8H,5-6,9-10H2,1H3. The molecule has 0 aliphatic carbocycles. The maximum atomic E-state index is 11.0. The first kappa shape index (κ1) is 14.5. The molecule has 0 aliphatic heterocycles. The molecule has 0 unspecified atom stereocenters. The first-order chi connectivity index (χ1) is 9.81. The number of ether oxygens (including phenoxy) is 1. The van der Waals surface area contributed by atoms with Gasteiger partial charge < -0.3 is 4.74 Å². The third-order valence-corrected chi connectivity index (χ3v) is 3.68. The highest BCUT2D eigenvalue weighted by Crippen LogP contribution is 2.19. The van der Waals surface area contributed by atoms with E-state index >= 15 is 0 Å². The highest BCUT2D eigenvalue weighted by molar-refractivity contribution is 7.99. The van der Waals surface area contributed by atoms with E-state index in [2.05, 4.69) is 20.3 Å². The SMILES string of the molecule is COC(=O)CCCCSc1nnnn1-c1ccccc1. The fraction of sp³-hybridized carbons (Fsp3) is 0.385. The van der Waals surface area contributed by atoms with Crippen LogP contribution in [0.15, 0.2) is 35.5 Å². The third kappa shape index (κ3) is 4.06. The van der Waals surface area contributed by atoms with E-state index in [0.717, 1.165) is 29.4 Å². The number of hydrogen-bond acceptors (Lipinski definition) is 6. The molecule has 20 heavy (non-hydrogen) atoms. The second-order valence-corrected chi connectivity index (χ2v) is 5.15. The highest BCUT2D eigenvalue weighted by atomic mass is 32.2. The maximum absolute atomic E-state index is 11.0. The smallest absolute Gasteiger partial charge is 0.305 e. The van der Waals surface area contributed by atoms with Crippen LogP contribution in [0.5, 0.6) is 0 Å². The fourth-order valence-electron chi connectivity index (χ4n) is 1.64. The molecular weight excluding hydrogens is 276 g/mol. The zero-order valence-corrected chi connectivity index (χ0v) is 12.0. The molecule has 1 aromatic heterocycles. The number of carbonyl (C=O) groups is 1. The van der Waals surface area contributed by atoms with Crippen LogP contribution < -0.4 is 0 Å². The minimum absolute atomic E-state index is 0.163. The molecular formula is C13H16N4O2S. The molecule has 6 nitrogen and oxygen atoms in total. The molecule has 0 atom stereocenters. The summed E-state index contributed by atoms with van der Waals surface area (Å²) in [4.78, 5) is 11.0. The van der Waals surface area contributed by atoms with Gasteiger partial charge in [0.1, 0.15) is 0 Å². The summed E-state index contributed by atoms with van der Waals surface area (Å²) < 4.78 is 6.31. The van der Waals surface area contributed by atoms with Crippen LogP contribution >= 0.6 is 11.8 Å². The Hall–Kier alpha value is -1.89. The Balaban J connectivity index is 1.83. The molecule has 2 aromatic rings. The summed E-state index contributed by atoms with van der Waals surface area (Å²) in [7, 11) is 1.41. The lowest BCUT2D eigenvalue weighted by Crippen LogP contribution is -2.00. The minimum atomic E-state index is -0.163. The van der Waals surface area contributed by atoms with Crippen LogP contribution in [0.4, 0.5) is 0 Å². The molecule has 0 saturated heterocycles. The molecule has 0 saturated carbocycles. The van der Waals surface area contributed by atoms with E-state index in [-0.39, 0.29) is 5.97 Å². The molecule has 0 radical (unpaired) electrons. The highest BCUT2D eigenvalue weighted by Gasteiger charge is 2.08. The largest absolute Gasteiger partial charge is 0.469 e. The predicted molar refractivity (Wildman–Crippen MR) is 75.7 cm³/mol. The van der Waals surface area contributed by atoms with Gasteiger partial charge in [0.2, 0.25) is 5.16 Å². The van der Waals surface area contributed by atoms with Gasteiger partial charge >= 0.3 is 5.97 Å². The molecule has 2 rings (SSSR count).